The van der Waals surface area contributed by atoms with E-state index in [1.165, 1.54) is 4.31 Å². The van der Waals surface area contributed by atoms with E-state index in [0.717, 1.165) is 17.7 Å². The lowest BCUT2D eigenvalue weighted by molar-refractivity contribution is -0.116. The van der Waals surface area contributed by atoms with Gasteiger partial charge >= 0.3 is 0 Å². The van der Waals surface area contributed by atoms with Crippen LogP contribution in [0.2, 0.25) is 0 Å². The molecule has 0 aromatic heterocycles. The number of carbonyl (C=O) groups is 1. The molecule has 1 saturated heterocycles. The lowest BCUT2D eigenvalue weighted by atomic mass is 10.2. The molecule has 1 amide bonds. The minimum Gasteiger partial charge on any atom is -0.325 e. The zero-order valence-electron chi connectivity index (χ0n) is 10.9. The molecule has 19 heavy (non-hydrogen) atoms. The van der Waals surface area contributed by atoms with E-state index in [1.807, 2.05) is 25.1 Å². The van der Waals surface area contributed by atoms with Gasteiger partial charge in [-0.2, -0.15) is 4.31 Å². The van der Waals surface area contributed by atoms with Gasteiger partial charge in [0.25, 0.3) is 0 Å². The lowest BCUT2D eigenvalue weighted by Crippen LogP contribution is -2.42. The zero-order valence-corrected chi connectivity index (χ0v) is 11.7. The molecule has 1 heterocycles. The summed E-state index contributed by atoms with van der Waals surface area (Å²) in [5, 5.41) is 2.75. The fraction of sp³-hybridized carbons (Fsp3) is 0.462. The van der Waals surface area contributed by atoms with Crippen LogP contribution in [-0.2, 0) is 14.8 Å². The molecule has 1 aliphatic rings. The number of para-hydroxylation sites is 1. The average Bonchev–Trinajstić information content (AvgIpc) is 2.35. The molecular formula is C13H18N2O3S. The number of aryl methyl sites for hydroxylation is 1. The Balaban J connectivity index is 2.00. The Morgan fingerprint density at radius 2 is 2.05 bits per heavy atom. The van der Waals surface area contributed by atoms with Crippen molar-refractivity contribution in [3.05, 3.63) is 29.8 Å². The largest absolute Gasteiger partial charge is 0.325 e. The van der Waals surface area contributed by atoms with Crippen LogP contribution in [0.3, 0.4) is 0 Å². The second-order valence-electron chi connectivity index (χ2n) is 4.72. The Labute approximate surface area is 113 Å². The summed E-state index contributed by atoms with van der Waals surface area (Å²) >= 11 is 0. The normalized spacial score (nSPS) is 19.0. The van der Waals surface area contributed by atoms with E-state index in [2.05, 4.69) is 5.32 Å². The maximum absolute atomic E-state index is 11.9. The van der Waals surface area contributed by atoms with Gasteiger partial charge in [0.2, 0.25) is 15.9 Å². The highest BCUT2D eigenvalue weighted by atomic mass is 32.2. The van der Waals surface area contributed by atoms with Crippen LogP contribution in [-0.4, -0.2) is 37.5 Å². The summed E-state index contributed by atoms with van der Waals surface area (Å²) in [5.74, 6) is -0.148. The SMILES string of the molecule is Cc1ccccc1NC(=O)CN1CCCCS1(=O)=O. The van der Waals surface area contributed by atoms with Crippen molar-refractivity contribution in [2.45, 2.75) is 19.8 Å². The van der Waals surface area contributed by atoms with Crippen LogP contribution in [0.25, 0.3) is 0 Å². The lowest BCUT2D eigenvalue weighted by Gasteiger charge is -2.25. The second-order valence-corrected chi connectivity index (χ2v) is 6.81. The Morgan fingerprint density at radius 3 is 2.74 bits per heavy atom. The van der Waals surface area contributed by atoms with Gasteiger partial charge in [-0.15, -0.1) is 0 Å². The van der Waals surface area contributed by atoms with Crippen LogP contribution in [0.15, 0.2) is 24.3 Å². The number of sulfonamides is 1. The summed E-state index contributed by atoms with van der Waals surface area (Å²) < 4.78 is 24.8. The maximum atomic E-state index is 11.9. The molecule has 1 aliphatic heterocycles. The van der Waals surface area contributed by atoms with E-state index < -0.39 is 10.0 Å². The molecule has 6 heteroatoms. The molecule has 2 rings (SSSR count). The topological polar surface area (TPSA) is 66.5 Å². The Kier molecular flexibility index (Phi) is 4.21. The second kappa shape index (κ2) is 5.71. The molecule has 5 nitrogen and oxygen atoms in total. The van der Waals surface area contributed by atoms with Crippen LogP contribution in [0, 0.1) is 6.92 Å². The fourth-order valence-electron chi connectivity index (χ4n) is 2.08. The third-order valence-corrected chi connectivity index (χ3v) is 5.10. The molecule has 0 spiro atoms. The maximum Gasteiger partial charge on any atom is 0.239 e. The van der Waals surface area contributed by atoms with E-state index >= 15 is 0 Å². The van der Waals surface area contributed by atoms with Crippen molar-refractivity contribution in [2.75, 3.05) is 24.2 Å². The number of benzene rings is 1. The summed E-state index contributed by atoms with van der Waals surface area (Å²) in [6.45, 7) is 2.23. The number of rotatable bonds is 3. The molecule has 1 aromatic carbocycles. The Morgan fingerprint density at radius 1 is 1.32 bits per heavy atom. The first-order chi connectivity index (χ1) is 8.99. The van der Waals surface area contributed by atoms with Gasteiger partial charge in [0.1, 0.15) is 0 Å². The first-order valence-corrected chi connectivity index (χ1v) is 7.93. The zero-order chi connectivity index (χ0) is 13.9. The van der Waals surface area contributed by atoms with Gasteiger partial charge in [-0.05, 0) is 31.4 Å². The van der Waals surface area contributed by atoms with Crippen LogP contribution in [0.1, 0.15) is 18.4 Å². The van der Waals surface area contributed by atoms with Gasteiger partial charge < -0.3 is 5.32 Å². The van der Waals surface area contributed by atoms with Crippen molar-refractivity contribution >= 4 is 21.6 Å². The molecule has 0 aliphatic carbocycles. The summed E-state index contributed by atoms with van der Waals surface area (Å²) in [6.07, 6.45) is 1.50. The van der Waals surface area contributed by atoms with Crippen molar-refractivity contribution in [1.82, 2.24) is 4.31 Å². The minimum atomic E-state index is -3.25. The van der Waals surface area contributed by atoms with Crippen LogP contribution >= 0.6 is 0 Å². The molecule has 0 unspecified atom stereocenters. The average molecular weight is 282 g/mol. The molecular weight excluding hydrogens is 264 g/mol. The quantitative estimate of drug-likeness (QED) is 0.910. The number of nitrogens with zero attached hydrogens (tertiary/aromatic N) is 1. The summed E-state index contributed by atoms with van der Waals surface area (Å²) in [5.41, 5.74) is 1.68. The van der Waals surface area contributed by atoms with Gasteiger partial charge in [-0.25, -0.2) is 8.42 Å². The van der Waals surface area contributed by atoms with Crippen LogP contribution < -0.4 is 5.32 Å². The molecule has 0 bridgehead atoms. The standard InChI is InChI=1S/C13H18N2O3S/c1-11-6-2-3-7-12(11)14-13(16)10-15-8-4-5-9-19(15,17)18/h2-3,6-7H,4-5,8-10H2,1H3,(H,14,16). The molecule has 1 fully saturated rings. The van der Waals surface area contributed by atoms with E-state index in [0.29, 0.717) is 13.0 Å². The third kappa shape index (κ3) is 3.54. The van der Waals surface area contributed by atoms with E-state index in [9.17, 15) is 13.2 Å². The van der Waals surface area contributed by atoms with Crippen molar-refractivity contribution in [1.29, 1.82) is 0 Å². The van der Waals surface area contributed by atoms with Crippen molar-refractivity contribution in [3.8, 4) is 0 Å². The Hall–Kier alpha value is -1.40. The molecule has 0 atom stereocenters. The molecule has 1 N–H and O–H groups in total. The number of nitrogens with one attached hydrogen (secondary N) is 1. The van der Waals surface area contributed by atoms with Crippen LogP contribution in [0.4, 0.5) is 5.69 Å². The number of anilines is 1. The molecule has 1 aromatic rings. The van der Waals surface area contributed by atoms with Gasteiger partial charge in [-0.3, -0.25) is 4.79 Å². The van der Waals surface area contributed by atoms with Crippen molar-refractivity contribution < 1.29 is 13.2 Å². The predicted molar refractivity (Wildman–Crippen MR) is 74.4 cm³/mol. The minimum absolute atomic E-state index is 0.101. The fourth-order valence-corrected chi connectivity index (χ4v) is 3.63. The van der Waals surface area contributed by atoms with E-state index in [4.69, 9.17) is 0 Å². The van der Waals surface area contributed by atoms with Crippen LogP contribution in [0.5, 0.6) is 0 Å². The van der Waals surface area contributed by atoms with Gasteiger partial charge in [0.15, 0.2) is 0 Å². The highest BCUT2D eigenvalue weighted by Crippen LogP contribution is 2.15. The number of carbonyl (C=O) groups excluding carboxylic acids is 1. The number of amides is 1. The van der Waals surface area contributed by atoms with Gasteiger partial charge in [0, 0.05) is 12.2 Å². The van der Waals surface area contributed by atoms with E-state index in [1.54, 1.807) is 6.07 Å². The molecule has 0 saturated carbocycles. The number of hydrogen-bond acceptors (Lipinski definition) is 3. The van der Waals surface area contributed by atoms with Gasteiger partial charge in [-0.1, -0.05) is 18.2 Å². The molecule has 0 radical (unpaired) electrons. The highest BCUT2D eigenvalue weighted by molar-refractivity contribution is 7.89. The first kappa shape index (κ1) is 14.0. The predicted octanol–water partition coefficient (Wildman–Crippen LogP) is 1.36. The smallest absolute Gasteiger partial charge is 0.239 e. The monoisotopic (exact) mass is 282 g/mol. The first-order valence-electron chi connectivity index (χ1n) is 6.32. The van der Waals surface area contributed by atoms with Gasteiger partial charge in [0.05, 0.1) is 12.3 Å². The Bertz CT molecular complexity index is 569. The van der Waals surface area contributed by atoms with Crippen molar-refractivity contribution in [2.24, 2.45) is 0 Å². The van der Waals surface area contributed by atoms with E-state index in [-0.39, 0.29) is 18.2 Å². The third-order valence-electron chi connectivity index (χ3n) is 3.19. The summed E-state index contributed by atoms with van der Waals surface area (Å²) in [4.78, 5) is 11.9. The summed E-state index contributed by atoms with van der Waals surface area (Å²) in [6, 6.07) is 7.42. The van der Waals surface area contributed by atoms with Crippen molar-refractivity contribution in [3.63, 3.8) is 0 Å². The highest BCUT2D eigenvalue weighted by Gasteiger charge is 2.27. The number of hydrogen-bond donors (Lipinski definition) is 1. The molecule has 104 valence electrons. The summed E-state index contributed by atoms with van der Waals surface area (Å²) in [7, 11) is -3.25.